The fraction of sp³-hybridized carbons (Fsp3) is 0.158. The zero-order valence-corrected chi connectivity index (χ0v) is 17.0. The summed E-state index contributed by atoms with van der Waals surface area (Å²) in [7, 11) is 0. The van der Waals surface area contributed by atoms with Crippen molar-refractivity contribution in [3.63, 3.8) is 0 Å². The Hall–Kier alpha value is -3.04. The zero-order valence-electron chi connectivity index (χ0n) is 15.4. The Morgan fingerprint density at radius 3 is 2.79 bits per heavy atom. The molecular weight excluding hydrogens is 418 g/mol. The molecule has 0 aliphatic carbocycles. The molecule has 150 valence electrons. The van der Waals surface area contributed by atoms with Crippen LogP contribution in [0.5, 0.6) is 11.5 Å². The lowest BCUT2D eigenvalue weighted by atomic mass is 10.1. The molecule has 0 aromatic heterocycles. The summed E-state index contributed by atoms with van der Waals surface area (Å²) >= 11 is 7.14. The second-order valence-corrected chi connectivity index (χ2v) is 7.39. The molecule has 8 nitrogen and oxygen atoms in total. The minimum atomic E-state index is -0.655. The number of hydrogen-bond donors (Lipinski definition) is 2. The first-order valence-corrected chi connectivity index (χ1v) is 9.68. The zero-order chi connectivity index (χ0) is 21.1. The van der Waals surface area contributed by atoms with Gasteiger partial charge < -0.3 is 15.2 Å². The van der Waals surface area contributed by atoms with E-state index in [0.29, 0.717) is 15.9 Å². The molecule has 1 fully saturated rings. The fourth-order valence-electron chi connectivity index (χ4n) is 2.56. The van der Waals surface area contributed by atoms with Crippen LogP contribution >= 0.6 is 23.4 Å². The number of hydrogen-bond acceptors (Lipinski definition) is 7. The largest absolute Gasteiger partial charge is 0.504 e. The standard InChI is InChI=1S/C19H16ClN3O5S/c1-3-28-17-14(24)7-5-11(16(17)23(26)27)8-15-18(25)22-19(29-15)21-12-6-4-10(2)13(20)9-12/h4-9,24H,3H2,1-2H3,(H,21,22,25). The molecule has 0 radical (unpaired) electrons. The SMILES string of the molecule is CCOc1c(O)ccc(C=C2SC(=Nc3ccc(C)c(Cl)c3)NC2=O)c1[N+](=O)[O-]. The lowest BCUT2D eigenvalue weighted by molar-refractivity contribution is -0.386. The highest BCUT2D eigenvalue weighted by molar-refractivity contribution is 8.18. The maximum atomic E-state index is 12.3. The van der Waals surface area contributed by atoms with Crippen LogP contribution in [-0.2, 0) is 4.79 Å². The van der Waals surface area contributed by atoms with Gasteiger partial charge in [0.15, 0.2) is 10.9 Å². The summed E-state index contributed by atoms with van der Waals surface area (Å²) in [6.45, 7) is 3.65. The molecule has 1 amide bonds. The van der Waals surface area contributed by atoms with Gasteiger partial charge in [-0.1, -0.05) is 17.7 Å². The highest BCUT2D eigenvalue weighted by atomic mass is 35.5. The number of carbonyl (C=O) groups is 1. The number of amidine groups is 1. The van der Waals surface area contributed by atoms with Crippen LogP contribution in [-0.4, -0.2) is 27.7 Å². The summed E-state index contributed by atoms with van der Waals surface area (Å²) in [5.41, 5.74) is 1.19. The van der Waals surface area contributed by atoms with Crippen LogP contribution < -0.4 is 10.1 Å². The number of amides is 1. The molecule has 0 spiro atoms. The van der Waals surface area contributed by atoms with Crippen molar-refractivity contribution < 1.29 is 19.6 Å². The number of carbonyl (C=O) groups excluding carboxylic acids is 1. The van der Waals surface area contributed by atoms with Crippen molar-refractivity contribution in [2.75, 3.05) is 6.61 Å². The molecule has 2 aromatic carbocycles. The number of ether oxygens (including phenoxy) is 1. The van der Waals surface area contributed by atoms with Crippen molar-refractivity contribution in [2.45, 2.75) is 13.8 Å². The lowest BCUT2D eigenvalue weighted by Crippen LogP contribution is -2.19. The van der Waals surface area contributed by atoms with Gasteiger partial charge in [0.05, 0.1) is 27.7 Å². The summed E-state index contributed by atoms with van der Waals surface area (Å²) in [5, 5.41) is 24.9. The maximum Gasteiger partial charge on any atom is 0.322 e. The number of halogens is 1. The van der Waals surface area contributed by atoms with Gasteiger partial charge in [-0.3, -0.25) is 14.9 Å². The van der Waals surface area contributed by atoms with Gasteiger partial charge in [0, 0.05) is 5.02 Å². The maximum absolute atomic E-state index is 12.3. The molecule has 0 atom stereocenters. The van der Waals surface area contributed by atoms with E-state index in [-0.39, 0.29) is 28.6 Å². The van der Waals surface area contributed by atoms with Crippen LogP contribution in [0.2, 0.25) is 5.02 Å². The Morgan fingerprint density at radius 2 is 2.14 bits per heavy atom. The summed E-state index contributed by atoms with van der Waals surface area (Å²) in [5.74, 6) is -1.02. The smallest absolute Gasteiger partial charge is 0.322 e. The fourth-order valence-corrected chi connectivity index (χ4v) is 3.56. The van der Waals surface area contributed by atoms with Gasteiger partial charge in [-0.25, -0.2) is 4.99 Å². The van der Waals surface area contributed by atoms with Gasteiger partial charge in [0.2, 0.25) is 5.75 Å². The first-order valence-electron chi connectivity index (χ1n) is 8.49. The highest BCUT2D eigenvalue weighted by Crippen LogP contribution is 2.41. The topological polar surface area (TPSA) is 114 Å². The highest BCUT2D eigenvalue weighted by Gasteiger charge is 2.28. The predicted molar refractivity (Wildman–Crippen MR) is 113 cm³/mol. The number of benzene rings is 2. The van der Waals surface area contributed by atoms with Crippen LogP contribution in [0.15, 0.2) is 40.2 Å². The molecule has 0 unspecified atom stereocenters. The van der Waals surface area contributed by atoms with Gasteiger partial charge >= 0.3 is 5.69 Å². The Kier molecular flexibility index (Phi) is 6.09. The van der Waals surface area contributed by atoms with E-state index in [4.69, 9.17) is 16.3 Å². The first-order chi connectivity index (χ1) is 13.8. The number of nitrogens with zero attached hydrogens (tertiary/aromatic N) is 2. The van der Waals surface area contributed by atoms with Crippen molar-refractivity contribution >= 4 is 51.9 Å². The van der Waals surface area contributed by atoms with E-state index >= 15 is 0 Å². The average molecular weight is 434 g/mol. The lowest BCUT2D eigenvalue weighted by Gasteiger charge is -2.08. The first kappa shape index (κ1) is 20.7. The number of phenols is 1. The second kappa shape index (κ2) is 8.54. The quantitative estimate of drug-likeness (QED) is 0.406. The van der Waals surface area contributed by atoms with Crippen molar-refractivity contribution in [3.05, 3.63) is 61.5 Å². The van der Waals surface area contributed by atoms with E-state index in [9.17, 15) is 20.0 Å². The number of phenolic OH excluding ortho intramolecular Hbond substituents is 1. The van der Waals surface area contributed by atoms with Crippen molar-refractivity contribution in [2.24, 2.45) is 4.99 Å². The van der Waals surface area contributed by atoms with E-state index in [1.807, 2.05) is 13.0 Å². The van der Waals surface area contributed by atoms with Gasteiger partial charge in [-0.15, -0.1) is 0 Å². The molecule has 10 heteroatoms. The molecule has 1 aliphatic rings. The van der Waals surface area contributed by atoms with Crippen LogP contribution in [0.3, 0.4) is 0 Å². The van der Waals surface area contributed by atoms with Crippen molar-refractivity contribution in [3.8, 4) is 11.5 Å². The Bertz CT molecular complexity index is 1070. The molecule has 1 heterocycles. The van der Waals surface area contributed by atoms with Crippen LogP contribution in [0.25, 0.3) is 6.08 Å². The number of nitro benzene ring substituents is 1. The third-order valence-corrected chi connectivity index (χ3v) is 5.25. The van der Waals surface area contributed by atoms with Crippen molar-refractivity contribution in [1.82, 2.24) is 5.32 Å². The number of thioether (sulfide) groups is 1. The number of aromatic hydroxyl groups is 1. The van der Waals surface area contributed by atoms with E-state index < -0.39 is 16.5 Å². The molecule has 1 saturated heterocycles. The third-order valence-electron chi connectivity index (χ3n) is 3.94. The van der Waals surface area contributed by atoms with E-state index in [1.54, 1.807) is 19.1 Å². The predicted octanol–water partition coefficient (Wildman–Crippen LogP) is 4.55. The second-order valence-electron chi connectivity index (χ2n) is 5.96. The van der Waals surface area contributed by atoms with Gasteiger partial charge in [0.25, 0.3) is 5.91 Å². The van der Waals surface area contributed by atoms with Gasteiger partial charge in [-0.05, 0) is 61.5 Å². The van der Waals surface area contributed by atoms with E-state index in [0.717, 1.165) is 17.3 Å². The Morgan fingerprint density at radius 1 is 1.38 bits per heavy atom. The van der Waals surface area contributed by atoms with Crippen LogP contribution in [0.1, 0.15) is 18.1 Å². The molecular formula is C19H16ClN3O5S. The summed E-state index contributed by atoms with van der Waals surface area (Å²) in [6, 6.07) is 7.89. The normalized spacial score (nSPS) is 16.3. The Labute approximate surface area is 175 Å². The van der Waals surface area contributed by atoms with Crippen LogP contribution in [0, 0.1) is 17.0 Å². The average Bonchev–Trinajstić information content (AvgIpc) is 3.00. The number of nitrogens with one attached hydrogen (secondary N) is 1. The molecule has 0 saturated carbocycles. The summed E-state index contributed by atoms with van der Waals surface area (Å²) in [4.78, 5) is 27.7. The number of aryl methyl sites for hydroxylation is 1. The van der Waals surface area contributed by atoms with Gasteiger partial charge in [0.1, 0.15) is 0 Å². The van der Waals surface area contributed by atoms with E-state index in [2.05, 4.69) is 10.3 Å². The molecule has 2 N–H and O–H groups in total. The third kappa shape index (κ3) is 4.52. The summed E-state index contributed by atoms with van der Waals surface area (Å²) in [6.07, 6.45) is 1.37. The molecule has 1 aliphatic heterocycles. The van der Waals surface area contributed by atoms with Gasteiger partial charge in [-0.2, -0.15) is 0 Å². The number of rotatable bonds is 5. The molecule has 2 aromatic rings. The summed E-state index contributed by atoms with van der Waals surface area (Å²) < 4.78 is 5.22. The minimum Gasteiger partial charge on any atom is -0.504 e. The molecule has 29 heavy (non-hydrogen) atoms. The Balaban J connectivity index is 1.96. The number of aliphatic imine (C=N–C) groups is 1. The molecule has 0 bridgehead atoms. The molecule has 3 rings (SSSR count). The van der Waals surface area contributed by atoms with E-state index in [1.165, 1.54) is 18.2 Å². The number of nitro groups is 1. The van der Waals surface area contributed by atoms with Crippen molar-refractivity contribution in [1.29, 1.82) is 0 Å². The monoisotopic (exact) mass is 433 g/mol. The minimum absolute atomic E-state index is 0.133. The van der Waals surface area contributed by atoms with Crippen LogP contribution in [0.4, 0.5) is 11.4 Å².